The molecule has 0 rings (SSSR count). The van der Waals surface area contributed by atoms with Gasteiger partial charge >= 0.3 is 0 Å². The lowest BCUT2D eigenvalue weighted by Gasteiger charge is -2.13. The molecule has 1 nitrogen and oxygen atoms in total. The summed E-state index contributed by atoms with van der Waals surface area (Å²) in [6.07, 6.45) is 17.2. The third-order valence-electron chi connectivity index (χ3n) is 4.17. The van der Waals surface area contributed by atoms with Crippen LogP contribution in [0.2, 0.25) is 0 Å². The van der Waals surface area contributed by atoms with E-state index in [2.05, 4.69) is 20.4 Å². The number of carbonyl (C=O) groups excluding carboxylic acids is 1. The molecule has 0 amide bonds. The largest absolute Gasteiger partial charge is 0.300 e. The van der Waals surface area contributed by atoms with Crippen LogP contribution < -0.4 is 0 Å². The predicted molar refractivity (Wildman–Crippen MR) is 90.1 cm³/mol. The monoisotopic (exact) mass is 280 g/mol. The maximum atomic E-state index is 11.9. The Bertz CT molecular complexity index is 232. The van der Waals surface area contributed by atoms with E-state index in [9.17, 15) is 4.79 Å². The fraction of sp³-hybridized carbons (Fsp3) is 0.842. The molecule has 0 aliphatic carbocycles. The average Bonchev–Trinajstić information content (AvgIpc) is 2.46. The first-order valence-electron chi connectivity index (χ1n) is 8.87. The summed E-state index contributed by atoms with van der Waals surface area (Å²) >= 11 is 0. The Balaban J connectivity index is 3.45. The summed E-state index contributed by atoms with van der Waals surface area (Å²) in [5.41, 5.74) is 0. The Morgan fingerprint density at radius 2 is 1.65 bits per heavy atom. The Kier molecular flexibility index (Phi) is 14.4. The van der Waals surface area contributed by atoms with Crippen molar-refractivity contribution in [1.82, 2.24) is 0 Å². The molecule has 118 valence electrons. The summed E-state index contributed by atoms with van der Waals surface area (Å²) in [4.78, 5) is 11.9. The number of Topliss-reactive ketones (excluding diaryl/α,β-unsaturated/α-hetero) is 1. The van der Waals surface area contributed by atoms with Gasteiger partial charge in [0.1, 0.15) is 5.78 Å². The van der Waals surface area contributed by atoms with E-state index < -0.39 is 0 Å². The Morgan fingerprint density at radius 1 is 1.00 bits per heavy atom. The van der Waals surface area contributed by atoms with Crippen LogP contribution >= 0.6 is 0 Å². The molecule has 0 aliphatic rings. The van der Waals surface area contributed by atoms with Crippen LogP contribution in [0.1, 0.15) is 97.3 Å². The van der Waals surface area contributed by atoms with Gasteiger partial charge in [0.05, 0.1) is 0 Å². The summed E-state index contributed by atoms with van der Waals surface area (Å²) in [6, 6.07) is 0. The molecule has 0 radical (unpaired) electrons. The van der Waals surface area contributed by atoms with Gasteiger partial charge in [0.25, 0.3) is 0 Å². The minimum absolute atomic E-state index is 0.500. The summed E-state index contributed by atoms with van der Waals surface area (Å²) in [5, 5.41) is 0. The lowest BCUT2D eigenvalue weighted by atomic mass is 9.92. The van der Waals surface area contributed by atoms with Crippen LogP contribution in [0.25, 0.3) is 0 Å². The summed E-state index contributed by atoms with van der Waals surface area (Å²) in [6.45, 7) is 8.18. The van der Waals surface area contributed by atoms with Crippen LogP contribution in [-0.4, -0.2) is 5.78 Å². The van der Waals surface area contributed by atoms with Crippen LogP contribution in [0.5, 0.6) is 0 Å². The SMILES string of the molecule is C=CCCCCCCCCC(=O)CC(CC)CCCC. The summed E-state index contributed by atoms with van der Waals surface area (Å²) in [5.74, 6) is 1.14. The number of unbranched alkanes of at least 4 members (excludes halogenated alkanes) is 7. The van der Waals surface area contributed by atoms with E-state index in [4.69, 9.17) is 0 Å². The third kappa shape index (κ3) is 12.4. The van der Waals surface area contributed by atoms with Gasteiger partial charge in [0.15, 0.2) is 0 Å². The maximum absolute atomic E-state index is 11.9. The van der Waals surface area contributed by atoms with Gasteiger partial charge in [-0.3, -0.25) is 4.79 Å². The topological polar surface area (TPSA) is 17.1 Å². The second-order valence-electron chi connectivity index (χ2n) is 6.11. The molecule has 0 heterocycles. The smallest absolute Gasteiger partial charge is 0.133 e. The van der Waals surface area contributed by atoms with Crippen LogP contribution in [0.4, 0.5) is 0 Å². The first-order valence-corrected chi connectivity index (χ1v) is 8.87. The molecule has 0 bridgehead atoms. The zero-order chi connectivity index (χ0) is 15.1. The number of ketones is 1. The van der Waals surface area contributed by atoms with Crippen LogP contribution in [-0.2, 0) is 4.79 Å². The van der Waals surface area contributed by atoms with Crippen molar-refractivity contribution in [3.8, 4) is 0 Å². The quantitative estimate of drug-likeness (QED) is 0.248. The van der Waals surface area contributed by atoms with E-state index in [0.717, 1.165) is 32.1 Å². The Labute approximate surface area is 127 Å². The highest BCUT2D eigenvalue weighted by atomic mass is 16.1. The van der Waals surface area contributed by atoms with Crippen LogP contribution in [0.15, 0.2) is 12.7 Å². The molecule has 0 saturated carbocycles. The molecule has 20 heavy (non-hydrogen) atoms. The molecule has 1 heteroatoms. The van der Waals surface area contributed by atoms with Crippen LogP contribution in [0, 0.1) is 5.92 Å². The van der Waals surface area contributed by atoms with Crippen molar-refractivity contribution in [2.75, 3.05) is 0 Å². The molecule has 0 aliphatic heterocycles. The maximum Gasteiger partial charge on any atom is 0.133 e. The van der Waals surface area contributed by atoms with Crippen molar-refractivity contribution in [3.63, 3.8) is 0 Å². The molecule has 1 atom stereocenters. The number of allylic oxidation sites excluding steroid dienone is 1. The molecule has 0 fully saturated rings. The fourth-order valence-corrected chi connectivity index (χ4v) is 2.69. The van der Waals surface area contributed by atoms with E-state index in [1.807, 2.05) is 6.08 Å². The van der Waals surface area contributed by atoms with Crippen molar-refractivity contribution >= 4 is 5.78 Å². The highest BCUT2D eigenvalue weighted by Gasteiger charge is 2.11. The Morgan fingerprint density at radius 3 is 2.25 bits per heavy atom. The molecule has 0 aromatic carbocycles. The van der Waals surface area contributed by atoms with E-state index in [1.54, 1.807) is 0 Å². The molecular weight excluding hydrogens is 244 g/mol. The van der Waals surface area contributed by atoms with Gasteiger partial charge in [0, 0.05) is 12.8 Å². The lowest BCUT2D eigenvalue weighted by molar-refractivity contribution is -0.120. The van der Waals surface area contributed by atoms with Gasteiger partial charge in [-0.05, 0) is 25.2 Å². The van der Waals surface area contributed by atoms with Gasteiger partial charge in [-0.15, -0.1) is 6.58 Å². The molecular formula is C19H36O. The zero-order valence-electron chi connectivity index (χ0n) is 14.0. The molecule has 0 N–H and O–H groups in total. The second kappa shape index (κ2) is 14.8. The van der Waals surface area contributed by atoms with Gasteiger partial charge in [-0.2, -0.15) is 0 Å². The minimum atomic E-state index is 0.500. The average molecular weight is 280 g/mol. The zero-order valence-corrected chi connectivity index (χ0v) is 14.0. The normalized spacial score (nSPS) is 12.3. The van der Waals surface area contributed by atoms with E-state index >= 15 is 0 Å². The van der Waals surface area contributed by atoms with Crippen molar-refractivity contribution in [3.05, 3.63) is 12.7 Å². The van der Waals surface area contributed by atoms with Crippen molar-refractivity contribution in [1.29, 1.82) is 0 Å². The van der Waals surface area contributed by atoms with Gasteiger partial charge in [-0.1, -0.05) is 71.3 Å². The number of hydrogen-bond acceptors (Lipinski definition) is 1. The standard InChI is InChI=1S/C19H36O/c1-4-7-9-10-11-12-13-14-16-19(20)17-18(6-3)15-8-5-2/h4,18H,1,5-17H2,2-3H3. The molecule has 0 aromatic rings. The van der Waals surface area contributed by atoms with Gasteiger partial charge < -0.3 is 0 Å². The fourth-order valence-electron chi connectivity index (χ4n) is 2.69. The van der Waals surface area contributed by atoms with Crippen molar-refractivity contribution < 1.29 is 4.79 Å². The highest BCUT2D eigenvalue weighted by molar-refractivity contribution is 5.78. The van der Waals surface area contributed by atoms with Crippen molar-refractivity contribution in [2.24, 2.45) is 5.92 Å². The first-order chi connectivity index (χ1) is 9.74. The first kappa shape index (κ1) is 19.4. The van der Waals surface area contributed by atoms with E-state index in [-0.39, 0.29) is 0 Å². The summed E-state index contributed by atoms with van der Waals surface area (Å²) < 4.78 is 0. The molecule has 0 aromatic heterocycles. The number of hydrogen-bond donors (Lipinski definition) is 0. The van der Waals surface area contributed by atoms with E-state index in [0.29, 0.717) is 11.7 Å². The summed E-state index contributed by atoms with van der Waals surface area (Å²) in [7, 11) is 0. The Hall–Kier alpha value is -0.590. The van der Waals surface area contributed by atoms with Crippen LogP contribution in [0.3, 0.4) is 0 Å². The minimum Gasteiger partial charge on any atom is -0.300 e. The second-order valence-corrected chi connectivity index (χ2v) is 6.11. The molecule has 0 spiro atoms. The molecule has 0 saturated heterocycles. The van der Waals surface area contributed by atoms with Gasteiger partial charge in [0.2, 0.25) is 0 Å². The number of carbonyl (C=O) groups is 1. The van der Waals surface area contributed by atoms with Crippen molar-refractivity contribution in [2.45, 2.75) is 97.3 Å². The van der Waals surface area contributed by atoms with E-state index in [1.165, 1.54) is 51.4 Å². The predicted octanol–water partition coefficient (Wildman–Crippen LogP) is 6.47. The highest BCUT2D eigenvalue weighted by Crippen LogP contribution is 2.18. The third-order valence-corrected chi connectivity index (χ3v) is 4.17. The molecule has 1 unspecified atom stereocenters. The lowest BCUT2D eigenvalue weighted by Crippen LogP contribution is -2.07. The van der Waals surface area contributed by atoms with Gasteiger partial charge in [-0.25, -0.2) is 0 Å². The number of rotatable bonds is 15.